The highest BCUT2D eigenvalue weighted by Crippen LogP contribution is 2.37. The van der Waals surface area contributed by atoms with E-state index in [9.17, 15) is 5.11 Å². The number of hydrogen-bond acceptors (Lipinski definition) is 5. The molecule has 0 spiro atoms. The zero-order chi connectivity index (χ0) is 16.3. The van der Waals surface area contributed by atoms with Gasteiger partial charge < -0.3 is 10.0 Å². The SMILES string of the molecule is CN(C)Cc1nsc(C(O)(c2ccccc2)c2ccccc2)n1. The lowest BCUT2D eigenvalue weighted by atomic mass is 9.87. The Morgan fingerprint density at radius 2 is 1.48 bits per heavy atom. The molecule has 118 valence electrons. The molecule has 1 heterocycles. The van der Waals surface area contributed by atoms with Gasteiger partial charge in [-0.15, -0.1) is 0 Å². The van der Waals surface area contributed by atoms with Crippen molar-refractivity contribution in [2.45, 2.75) is 12.1 Å². The second-order valence-electron chi connectivity index (χ2n) is 5.70. The minimum absolute atomic E-state index is 0.590. The van der Waals surface area contributed by atoms with Crippen molar-refractivity contribution >= 4 is 11.5 Å². The molecule has 0 aliphatic carbocycles. The monoisotopic (exact) mass is 325 g/mol. The van der Waals surface area contributed by atoms with Crippen molar-refractivity contribution in [3.05, 3.63) is 82.6 Å². The molecule has 3 aromatic rings. The average Bonchev–Trinajstić information content (AvgIpc) is 3.04. The van der Waals surface area contributed by atoms with E-state index in [1.165, 1.54) is 11.5 Å². The minimum Gasteiger partial charge on any atom is -0.374 e. The molecule has 0 atom stereocenters. The molecule has 0 fully saturated rings. The van der Waals surface area contributed by atoms with Crippen molar-refractivity contribution < 1.29 is 5.11 Å². The Morgan fingerprint density at radius 1 is 0.957 bits per heavy atom. The van der Waals surface area contributed by atoms with Gasteiger partial charge in [-0.1, -0.05) is 60.7 Å². The fourth-order valence-corrected chi connectivity index (χ4v) is 3.32. The van der Waals surface area contributed by atoms with Gasteiger partial charge in [0.2, 0.25) is 0 Å². The second kappa shape index (κ2) is 6.58. The molecule has 0 radical (unpaired) electrons. The molecule has 1 aromatic heterocycles. The van der Waals surface area contributed by atoms with Crippen LogP contribution in [0.25, 0.3) is 0 Å². The van der Waals surface area contributed by atoms with E-state index in [0.29, 0.717) is 11.6 Å². The van der Waals surface area contributed by atoms with E-state index in [4.69, 9.17) is 0 Å². The zero-order valence-electron chi connectivity index (χ0n) is 13.2. The highest BCUT2D eigenvalue weighted by atomic mass is 32.1. The number of aliphatic hydroxyl groups is 1. The van der Waals surface area contributed by atoms with Gasteiger partial charge in [0.15, 0.2) is 16.4 Å². The van der Waals surface area contributed by atoms with Gasteiger partial charge >= 0.3 is 0 Å². The van der Waals surface area contributed by atoms with Gasteiger partial charge in [-0.3, -0.25) is 0 Å². The van der Waals surface area contributed by atoms with Gasteiger partial charge in [-0.25, -0.2) is 4.98 Å². The summed E-state index contributed by atoms with van der Waals surface area (Å²) < 4.78 is 4.40. The third-order valence-electron chi connectivity index (χ3n) is 3.62. The van der Waals surface area contributed by atoms with E-state index in [-0.39, 0.29) is 0 Å². The number of rotatable bonds is 5. The van der Waals surface area contributed by atoms with Crippen LogP contribution in [0.5, 0.6) is 0 Å². The standard InChI is InChI=1S/C18H19N3OS/c1-21(2)13-16-19-17(23-20-16)18(22,14-9-5-3-6-10-14)15-11-7-4-8-12-15/h3-12,22H,13H2,1-2H3. The van der Waals surface area contributed by atoms with E-state index in [1.807, 2.05) is 79.7 Å². The van der Waals surface area contributed by atoms with Crippen molar-refractivity contribution in [3.8, 4) is 0 Å². The topological polar surface area (TPSA) is 49.2 Å². The Labute approximate surface area is 140 Å². The maximum absolute atomic E-state index is 11.6. The Balaban J connectivity index is 2.11. The van der Waals surface area contributed by atoms with Gasteiger partial charge in [-0.05, 0) is 36.8 Å². The molecule has 0 bridgehead atoms. The molecule has 0 saturated heterocycles. The predicted octanol–water partition coefficient (Wildman–Crippen LogP) is 2.88. The van der Waals surface area contributed by atoms with E-state index in [1.54, 1.807) is 0 Å². The van der Waals surface area contributed by atoms with Crippen LogP contribution >= 0.6 is 11.5 Å². The summed E-state index contributed by atoms with van der Waals surface area (Å²) in [5, 5.41) is 12.2. The number of benzene rings is 2. The lowest BCUT2D eigenvalue weighted by Gasteiger charge is -2.26. The summed E-state index contributed by atoms with van der Waals surface area (Å²) in [6.45, 7) is 0.649. The summed E-state index contributed by atoms with van der Waals surface area (Å²) in [6.07, 6.45) is 0. The summed E-state index contributed by atoms with van der Waals surface area (Å²) in [6, 6.07) is 19.2. The number of aromatic nitrogens is 2. The van der Waals surface area contributed by atoms with Crippen molar-refractivity contribution in [1.29, 1.82) is 0 Å². The molecule has 3 rings (SSSR count). The average molecular weight is 325 g/mol. The largest absolute Gasteiger partial charge is 0.374 e. The molecule has 5 heteroatoms. The predicted molar refractivity (Wildman–Crippen MR) is 92.3 cm³/mol. The van der Waals surface area contributed by atoms with Gasteiger partial charge in [0, 0.05) is 0 Å². The van der Waals surface area contributed by atoms with Crippen molar-refractivity contribution in [2.24, 2.45) is 0 Å². The molecule has 0 aliphatic heterocycles. The Kier molecular flexibility index (Phi) is 4.52. The zero-order valence-corrected chi connectivity index (χ0v) is 14.0. The maximum Gasteiger partial charge on any atom is 0.168 e. The second-order valence-corrected chi connectivity index (χ2v) is 6.45. The Hall–Kier alpha value is -2.08. The molecule has 4 nitrogen and oxygen atoms in total. The fourth-order valence-electron chi connectivity index (χ4n) is 2.52. The summed E-state index contributed by atoms with van der Waals surface area (Å²) >= 11 is 1.25. The van der Waals surface area contributed by atoms with Gasteiger partial charge in [0.1, 0.15) is 0 Å². The van der Waals surface area contributed by atoms with Crippen LogP contribution in [0.15, 0.2) is 60.7 Å². The molecule has 0 unspecified atom stereocenters. The minimum atomic E-state index is -1.29. The molecule has 0 amide bonds. The van der Waals surface area contributed by atoms with Crippen LogP contribution in [0.2, 0.25) is 0 Å². The summed E-state index contributed by atoms with van der Waals surface area (Å²) in [5.41, 5.74) is 0.294. The van der Waals surface area contributed by atoms with Crippen LogP contribution in [-0.2, 0) is 12.1 Å². The first-order valence-corrected chi connectivity index (χ1v) is 8.19. The smallest absolute Gasteiger partial charge is 0.168 e. The first-order chi connectivity index (χ1) is 11.1. The number of hydrogen-bond donors (Lipinski definition) is 1. The first-order valence-electron chi connectivity index (χ1n) is 7.42. The third kappa shape index (κ3) is 3.17. The molecular weight excluding hydrogens is 306 g/mol. The molecule has 2 aromatic carbocycles. The van der Waals surface area contributed by atoms with Crippen molar-refractivity contribution in [3.63, 3.8) is 0 Å². The lowest BCUT2D eigenvalue weighted by molar-refractivity contribution is 0.125. The van der Waals surface area contributed by atoms with Crippen LogP contribution < -0.4 is 0 Å². The Bertz CT molecular complexity index is 717. The van der Waals surface area contributed by atoms with Crippen LogP contribution in [0, 0.1) is 0 Å². The van der Waals surface area contributed by atoms with Gasteiger partial charge in [0.05, 0.1) is 6.54 Å². The van der Waals surface area contributed by atoms with Crippen molar-refractivity contribution in [2.75, 3.05) is 14.1 Å². The van der Waals surface area contributed by atoms with Crippen LogP contribution in [0.4, 0.5) is 0 Å². The van der Waals surface area contributed by atoms with Crippen LogP contribution in [-0.4, -0.2) is 33.5 Å². The summed E-state index contributed by atoms with van der Waals surface area (Å²) in [7, 11) is 3.95. The van der Waals surface area contributed by atoms with Gasteiger partial charge in [0.25, 0.3) is 0 Å². The van der Waals surface area contributed by atoms with Crippen LogP contribution in [0.1, 0.15) is 22.0 Å². The lowest BCUT2D eigenvalue weighted by Crippen LogP contribution is -2.28. The summed E-state index contributed by atoms with van der Waals surface area (Å²) in [5.74, 6) is 0.722. The van der Waals surface area contributed by atoms with Crippen LogP contribution in [0.3, 0.4) is 0 Å². The molecule has 0 aliphatic rings. The molecular formula is C18H19N3OS. The molecule has 1 N–H and O–H groups in total. The molecule has 0 saturated carbocycles. The normalized spacial score (nSPS) is 11.8. The number of nitrogens with zero attached hydrogens (tertiary/aromatic N) is 3. The third-order valence-corrected chi connectivity index (χ3v) is 4.48. The maximum atomic E-state index is 11.6. The fraction of sp³-hybridized carbons (Fsp3) is 0.222. The highest BCUT2D eigenvalue weighted by molar-refractivity contribution is 7.05. The van der Waals surface area contributed by atoms with E-state index in [2.05, 4.69) is 9.36 Å². The quantitative estimate of drug-likeness (QED) is 0.784. The first kappa shape index (κ1) is 15.8. The Morgan fingerprint density at radius 3 is 1.96 bits per heavy atom. The van der Waals surface area contributed by atoms with E-state index >= 15 is 0 Å². The highest BCUT2D eigenvalue weighted by Gasteiger charge is 2.37. The molecule has 23 heavy (non-hydrogen) atoms. The van der Waals surface area contributed by atoms with E-state index < -0.39 is 5.60 Å². The van der Waals surface area contributed by atoms with Gasteiger partial charge in [-0.2, -0.15) is 4.37 Å². The summed E-state index contributed by atoms with van der Waals surface area (Å²) in [4.78, 5) is 6.60. The van der Waals surface area contributed by atoms with E-state index in [0.717, 1.165) is 17.0 Å². The van der Waals surface area contributed by atoms with Crippen molar-refractivity contribution in [1.82, 2.24) is 14.3 Å².